The van der Waals surface area contributed by atoms with Crippen molar-refractivity contribution in [3.63, 3.8) is 0 Å². The molecule has 29 heavy (non-hydrogen) atoms. The topological polar surface area (TPSA) is 78.8 Å². The average molecular weight is 424 g/mol. The van der Waals surface area contributed by atoms with Crippen LogP contribution in [0.2, 0.25) is 0 Å². The van der Waals surface area contributed by atoms with Gasteiger partial charge in [-0.15, -0.1) is 0 Å². The molecule has 0 atom stereocenters. The lowest BCUT2D eigenvalue weighted by molar-refractivity contribution is -0.140. The van der Waals surface area contributed by atoms with Gasteiger partial charge in [-0.2, -0.15) is 18.3 Å². The number of aromatic amines is 1. The standard InChI is InChI=1S/C18H19F3N6OS/c1-29-26-10-17(11-26,6-15(28)24-9-18(19,20)21)27-8-12(7-25-27)13-2-4-22-16-14(13)3-5-23-16/h2-5,7-8H,6,9-11H2,1H3,(H,22,23)(H,24,28). The van der Waals surface area contributed by atoms with Crippen LogP contribution >= 0.6 is 11.9 Å². The van der Waals surface area contributed by atoms with E-state index in [-0.39, 0.29) is 6.42 Å². The highest BCUT2D eigenvalue weighted by molar-refractivity contribution is 7.96. The number of fused-ring (bicyclic) bond motifs is 1. The summed E-state index contributed by atoms with van der Waals surface area (Å²) in [5.74, 6) is -0.642. The summed E-state index contributed by atoms with van der Waals surface area (Å²) >= 11 is 1.53. The maximum absolute atomic E-state index is 12.4. The van der Waals surface area contributed by atoms with E-state index in [1.807, 2.05) is 34.2 Å². The van der Waals surface area contributed by atoms with Crippen LogP contribution in [0.4, 0.5) is 13.2 Å². The van der Waals surface area contributed by atoms with Crippen molar-refractivity contribution in [3.8, 4) is 11.1 Å². The van der Waals surface area contributed by atoms with Crippen LogP contribution in [-0.4, -0.2) is 62.0 Å². The van der Waals surface area contributed by atoms with Crippen LogP contribution in [0.15, 0.2) is 36.9 Å². The van der Waals surface area contributed by atoms with E-state index in [0.717, 1.165) is 22.2 Å². The number of halogens is 3. The molecule has 0 radical (unpaired) electrons. The van der Waals surface area contributed by atoms with Gasteiger partial charge in [0.15, 0.2) is 0 Å². The Morgan fingerprint density at radius 1 is 1.38 bits per heavy atom. The van der Waals surface area contributed by atoms with Crippen molar-refractivity contribution in [1.29, 1.82) is 0 Å². The molecule has 0 spiro atoms. The Morgan fingerprint density at radius 2 is 2.17 bits per heavy atom. The number of rotatable bonds is 6. The second kappa shape index (κ2) is 7.38. The van der Waals surface area contributed by atoms with E-state index < -0.39 is 24.2 Å². The average Bonchev–Trinajstić information content (AvgIpc) is 3.31. The number of hydrogen-bond acceptors (Lipinski definition) is 5. The summed E-state index contributed by atoms with van der Waals surface area (Å²) in [6.45, 7) is -0.295. The van der Waals surface area contributed by atoms with Gasteiger partial charge in [0.05, 0.1) is 18.2 Å². The summed E-state index contributed by atoms with van der Waals surface area (Å²) in [5.41, 5.74) is 1.88. The molecule has 0 aromatic carbocycles. The molecule has 1 amide bonds. The first-order valence-corrected chi connectivity index (χ1v) is 10.1. The summed E-state index contributed by atoms with van der Waals surface area (Å²) in [6, 6.07) is 3.81. The quantitative estimate of drug-likeness (QED) is 0.595. The number of nitrogens with zero attached hydrogens (tertiary/aromatic N) is 4. The number of carbonyl (C=O) groups is 1. The zero-order valence-electron chi connectivity index (χ0n) is 15.5. The third-order valence-corrected chi connectivity index (χ3v) is 5.79. The van der Waals surface area contributed by atoms with Gasteiger partial charge < -0.3 is 10.3 Å². The molecule has 11 heteroatoms. The van der Waals surface area contributed by atoms with Crippen LogP contribution in [0.1, 0.15) is 6.42 Å². The Hall–Kier alpha value is -2.53. The molecule has 4 rings (SSSR count). The zero-order valence-corrected chi connectivity index (χ0v) is 16.3. The Balaban J connectivity index is 1.58. The SMILES string of the molecule is CSN1CC(CC(=O)NCC(F)(F)F)(n2cc(-c3ccnc4[nH]ccc34)cn2)C1. The minimum Gasteiger partial charge on any atom is -0.347 e. The largest absolute Gasteiger partial charge is 0.405 e. The fourth-order valence-corrected chi connectivity index (χ4v) is 4.31. The van der Waals surface area contributed by atoms with E-state index in [2.05, 4.69) is 15.1 Å². The highest BCUT2D eigenvalue weighted by Crippen LogP contribution is 2.37. The molecule has 1 saturated heterocycles. The fraction of sp³-hybridized carbons (Fsp3) is 0.389. The number of aromatic nitrogens is 4. The summed E-state index contributed by atoms with van der Waals surface area (Å²) in [5, 5.41) is 7.37. The lowest BCUT2D eigenvalue weighted by Crippen LogP contribution is -2.61. The number of amides is 1. The monoisotopic (exact) mass is 424 g/mol. The van der Waals surface area contributed by atoms with E-state index in [1.54, 1.807) is 23.3 Å². The van der Waals surface area contributed by atoms with Crippen molar-refractivity contribution in [2.45, 2.75) is 18.1 Å². The molecule has 154 valence electrons. The molecule has 1 aliphatic rings. The van der Waals surface area contributed by atoms with Crippen LogP contribution in [0, 0.1) is 0 Å². The molecule has 4 heterocycles. The second-order valence-corrected chi connectivity index (χ2v) is 7.93. The highest BCUT2D eigenvalue weighted by atomic mass is 32.2. The van der Waals surface area contributed by atoms with Crippen molar-refractivity contribution < 1.29 is 18.0 Å². The molecular formula is C18H19F3N6OS. The lowest BCUT2D eigenvalue weighted by Gasteiger charge is -2.48. The van der Waals surface area contributed by atoms with Gasteiger partial charge in [-0.25, -0.2) is 9.29 Å². The lowest BCUT2D eigenvalue weighted by atomic mass is 9.88. The highest BCUT2D eigenvalue weighted by Gasteiger charge is 2.47. The van der Waals surface area contributed by atoms with Gasteiger partial charge in [0.2, 0.25) is 5.91 Å². The van der Waals surface area contributed by atoms with E-state index in [9.17, 15) is 18.0 Å². The van der Waals surface area contributed by atoms with Gasteiger partial charge in [-0.3, -0.25) is 9.48 Å². The molecule has 3 aromatic rings. The van der Waals surface area contributed by atoms with Gasteiger partial charge in [0, 0.05) is 42.6 Å². The van der Waals surface area contributed by atoms with Gasteiger partial charge in [-0.05, 0) is 24.0 Å². The molecule has 7 nitrogen and oxygen atoms in total. The molecule has 1 fully saturated rings. The normalized spacial score (nSPS) is 16.7. The van der Waals surface area contributed by atoms with Gasteiger partial charge in [0.25, 0.3) is 0 Å². The molecule has 0 bridgehead atoms. The summed E-state index contributed by atoms with van der Waals surface area (Å²) < 4.78 is 41.0. The molecule has 1 aliphatic heterocycles. The van der Waals surface area contributed by atoms with Crippen molar-refractivity contribution >= 4 is 28.9 Å². The third-order valence-electron chi connectivity index (χ3n) is 5.01. The second-order valence-electron chi connectivity index (χ2n) is 7.05. The minimum absolute atomic E-state index is 0.0723. The molecule has 2 N–H and O–H groups in total. The van der Waals surface area contributed by atoms with Crippen LogP contribution in [0.5, 0.6) is 0 Å². The number of hydrogen-bond donors (Lipinski definition) is 2. The number of H-pyrrole nitrogens is 1. The van der Waals surface area contributed by atoms with Crippen molar-refractivity contribution in [2.75, 3.05) is 25.9 Å². The maximum atomic E-state index is 12.4. The Bertz CT molecular complexity index is 1020. The smallest absolute Gasteiger partial charge is 0.347 e. The van der Waals surface area contributed by atoms with Gasteiger partial charge in [-0.1, -0.05) is 11.9 Å². The van der Waals surface area contributed by atoms with Crippen molar-refractivity contribution in [3.05, 3.63) is 36.9 Å². The third kappa shape index (κ3) is 3.97. The van der Waals surface area contributed by atoms with E-state index in [1.165, 1.54) is 11.9 Å². The maximum Gasteiger partial charge on any atom is 0.405 e. The summed E-state index contributed by atoms with van der Waals surface area (Å²) in [4.78, 5) is 19.5. The first kappa shape index (κ1) is 19.8. The van der Waals surface area contributed by atoms with Crippen molar-refractivity contribution in [2.24, 2.45) is 0 Å². The predicted molar refractivity (Wildman–Crippen MR) is 104 cm³/mol. The Kier molecular flexibility index (Phi) is 5.03. The molecule has 0 aliphatic carbocycles. The van der Waals surface area contributed by atoms with Crippen LogP contribution in [0.25, 0.3) is 22.2 Å². The van der Waals surface area contributed by atoms with Gasteiger partial charge >= 0.3 is 6.18 Å². The van der Waals surface area contributed by atoms with E-state index in [4.69, 9.17) is 0 Å². The minimum atomic E-state index is -4.43. The first-order chi connectivity index (χ1) is 13.8. The molecule has 3 aromatic heterocycles. The van der Waals surface area contributed by atoms with Crippen LogP contribution < -0.4 is 5.32 Å². The summed E-state index contributed by atoms with van der Waals surface area (Å²) in [7, 11) is 0. The number of carbonyl (C=O) groups excluding carboxylic acids is 1. The number of alkyl halides is 3. The van der Waals surface area contributed by atoms with Crippen molar-refractivity contribution in [1.82, 2.24) is 29.4 Å². The fourth-order valence-electron chi connectivity index (χ4n) is 3.57. The van der Waals surface area contributed by atoms with Gasteiger partial charge in [0.1, 0.15) is 12.2 Å². The Morgan fingerprint density at radius 3 is 2.90 bits per heavy atom. The van der Waals surface area contributed by atoms with Crippen LogP contribution in [0.3, 0.4) is 0 Å². The number of pyridine rings is 1. The van der Waals surface area contributed by atoms with E-state index >= 15 is 0 Å². The number of nitrogens with one attached hydrogen (secondary N) is 2. The molecule has 0 unspecified atom stereocenters. The molecular weight excluding hydrogens is 405 g/mol. The first-order valence-electron chi connectivity index (χ1n) is 8.90. The Labute approximate surface area is 168 Å². The summed E-state index contributed by atoms with van der Waals surface area (Å²) in [6.07, 6.45) is 4.47. The zero-order chi connectivity index (χ0) is 20.6. The molecule has 0 saturated carbocycles. The van der Waals surface area contributed by atoms with E-state index in [0.29, 0.717) is 13.1 Å². The van der Waals surface area contributed by atoms with Crippen LogP contribution in [-0.2, 0) is 10.3 Å². The predicted octanol–water partition coefficient (Wildman–Crippen LogP) is 2.78.